The number of fused-ring (bicyclic) bond motifs is 2. The average molecular weight is 378 g/mol. The quantitative estimate of drug-likeness (QED) is 0.885. The first-order valence-corrected chi connectivity index (χ1v) is 10.3. The van der Waals surface area contributed by atoms with E-state index in [1.807, 2.05) is 35.8 Å². The molecule has 6 heteroatoms. The van der Waals surface area contributed by atoms with Gasteiger partial charge < -0.3 is 14.6 Å². The molecule has 0 unspecified atom stereocenters. The van der Waals surface area contributed by atoms with Gasteiger partial charge in [-0.2, -0.15) is 5.26 Å². The predicted molar refractivity (Wildman–Crippen MR) is 106 cm³/mol. The summed E-state index contributed by atoms with van der Waals surface area (Å²) < 4.78 is 8.01. The van der Waals surface area contributed by atoms with Crippen molar-refractivity contribution >= 4 is 16.8 Å². The summed E-state index contributed by atoms with van der Waals surface area (Å²) in [6, 6.07) is 10.7. The zero-order chi connectivity index (χ0) is 19.3. The number of benzene rings is 1. The number of carbonyl (C=O) groups excluding carboxylic acids is 1. The number of hydrogen-bond acceptors (Lipinski definition) is 4. The van der Waals surface area contributed by atoms with Crippen molar-refractivity contribution in [1.82, 2.24) is 14.8 Å². The van der Waals surface area contributed by atoms with Crippen LogP contribution in [-0.2, 0) is 16.1 Å². The van der Waals surface area contributed by atoms with Gasteiger partial charge in [0.05, 0.1) is 23.8 Å². The zero-order valence-corrected chi connectivity index (χ0v) is 16.2. The van der Waals surface area contributed by atoms with E-state index >= 15 is 0 Å². The highest BCUT2D eigenvalue weighted by atomic mass is 16.5. The maximum atomic E-state index is 12.8. The number of aromatic nitrogens is 1. The molecule has 2 aliphatic heterocycles. The Hall–Kier alpha value is -2.36. The zero-order valence-electron chi connectivity index (χ0n) is 16.2. The molecule has 146 valence electrons. The molecule has 0 bridgehead atoms. The monoisotopic (exact) mass is 378 g/mol. The van der Waals surface area contributed by atoms with Crippen LogP contribution < -0.4 is 5.32 Å². The smallest absolute Gasteiger partial charge is 0.240 e. The van der Waals surface area contributed by atoms with E-state index in [0.717, 1.165) is 48.6 Å². The molecular formula is C22H26N4O2. The lowest BCUT2D eigenvalue weighted by Crippen LogP contribution is -2.47. The molecule has 5 rings (SSSR count). The number of para-hydroxylation sites is 1. The van der Waals surface area contributed by atoms with Crippen molar-refractivity contribution in [2.75, 3.05) is 19.7 Å². The van der Waals surface area contributed by atoms with Gasteiger partial charge in [0, 0.05) is 36.3 Å². The summed E-state index contributed by atoms with van der Waals surface area (Å²) in [6.45, 7) is 4.88. The van der Waals surface area contributed by atoms with Gasteiger partial charge >= 0.3 is 0 Å². The number of nitriles is 1. The van der Waals surface area contributed by atoms with Crippen LogP contribution >= 0.6 is 0 Å². The van der Waals surface area contributed by atoms with Crippen molar-refractivity contribution in [2.24, 2.45) is 5.92 Å². The minimum Gasteiger partial charge on any atom is -0.375 e. The molecule has 0 radical (unpaired) electrons. The minimum atomic E-state index is 0.0119. The summed E-state index contributed by atoms with van der Waals surface area (Å²) in [5.74, 6) is 0.770. The van der Waals surface area contributed by atoms with Gasteiger partial charge in [-0.15, -0.1) is 0 Å². The lowest BCUT2D eigenvalue weighted by atomic mass is 10.1. The van der Waals surface area contributed by atoms with Gasteiger partial charge in [-0.1, -0.05) is 18.2 Å². The van der Waals surface area contributed by atoms with Gasteiger partial charge in [-0.25, -0.2) is 0 Å². The van der Waals surface area contributed by atoms with Gasteiger partial charge in [0.15, 0.2) is 0 Å². The topological polar surface area (TPSA) is 70.3 Å². The Bertz CT molecular complexity index is 955. The van der Waals surface area contributed by atoms with Crippen LogP contribution in [0.3, 0.4) is 0 Å². The number of hydrogen-bond donors (Lipinski definition) is 1. The van der Waals surface area contributed by atoms with Gasteiger partial charge in [0.2, 0.25) is 5.91 Å². The molecule has 3 aliphatic rings. The van der Waals surface area contributed by atoms with Crippen molar-refractivity contribution in [2.45, 2.75) is 50.9 Å². The van der Waals surface area contributed by atoms with Crippen molar-refractivity contribution in [3.05, 3.63) is 35.5 Å². The highest BCUT2D eigenvalue weighted by molar-refractivity contribution is 5.89. The third kappa shape index (κ3) is 3.09. The highest BCUT2D eigenvalue weighted by Gasteiger charge is 2.42. The number of amides is 1. The first kappa shape index (κ1) is 17.7. The number of nitrogens with one attached hydrogen (secondary N) is 1. The molecule has 2 aromatic rings. The molecule has 1 N–H and O–H groups in total. The standard InChI is InChI=1S/C22H26N4O2/c1-14-19(9-23)18-4-2-3-5-20(18)26(14)12-22(27)24-16-8-17-13-28-21(15-6-7-15)11-25(17)10-16/h2-5,15-17,21H,6-8,10-13H2,1H3,(H,24,27)/t16-,17+,21+/m1/s1. The molecule has 0 spiro atoms. The third-order valence-electron chi connectivity index (χ3n) is 6.60. The summed E-state index contributed by atoms with van der Waals surface area (Å²) in [5, 5.41) is 13.6. The molecular weight excluding hydrogens is 352 g/mol. The second-order valence-electron chi connectivity index (χ2n) is 8.49. The summed E-state index contributed by atoms with van der Waals surface area (Å²) in [6.07, 6.45) is 3.96. The van der Waals surface area contributed by atoms with Gasteiger partial charge in [0.1, 0.15) is 12.6 Å². The fourth-order valence-corrected chi connectivity index (χ4v) is 4.95. The number of nitrogens with zero attached hydrogens (tertiary/aromatic N) is 3. The highest BCUT2D eigenvalue weighted by Crippen LogP contribution is 2.37. The Kier molecular flexibility index (Phi) is 4.37. The molecule has 3 heterocycles. The first-order chi connectivity index (χ1) is 13.6. The largest absolute Gasteiger partial charge is 0.375 e. The van der Waals surface area contributed by atoms with Crippen LogP contribution in [-0.4, -0.2) is 53.3 Å². The molecule has 1 aliphatic carbocycles. The number of carbonyl (C=O) groups is 1. The van der Waals surface area contributed by atoms with E-state index in [1.165, 1.54) is 12.8 Å². The summed E-state index contributed by atoms with van der Waals surface area (Å²) in [4.78, 5) is 15.3. The number of rotatable bonds is 4. The summed E-state index contributed by atoms with van der Waals surface area (Å²) in [5.41, 5.74) is 2.45. The molecule has 1 saturated carbocycles. The predicted octanol–water partition coefficient (Wildman–Crippen LogP) is 2.19. The second kappa shape index (κ2) is 6.91. The van der Waals surface area contributed by atoms with E-state index in [-0.39, 0.29) is 18.5 Å². The van der Waals surface area contributed by atoms with Gasteiger partial charge in [0.25, 0.3) is 0 Å². The molecule has 1 amide bonds. The fraction of sp³-hybridized carbons (Fsp3) is 0.545. The SMILES string of the molecule is Cc1c(C#N)c2ccccc2n1CC(=O)N[C@@H]1C[C@H]2CO[C@H](C3CC3)CN2C1. The summed E-state index contributed by atoms with van der Waals surface area (Å²) in [7, 11) is 0. The molecule has 3 atom stereocenters. The maximum absolute atomic E-state index is 12.8. The molecule has 6 nitrogen and oxygen atoms in total. The van der Waals surface area contributed by atoms with Gasteiger partial charge in [-0.05, 0) is 38.2 Å². The normalized spacial score (nSPS) is 27.5. The van der Waals surface area contributed by atoms with E-state index < -0.39 is 0 Å². The Labute approximate surface area is 165 Å². The van der Waals surface area contributed by atoms with Crippen LogP contribution in [0.25, 0.3) is 10.9 Å². The van der Waals surface area contributed by atoms with Crippen LogP contribution in [0.4, 0.5) is 0 Å². The van der Waals surface area contributed by atoms with Crippen molar-refractivity contribution in [3.63, 3.8) is 0 Å². The van der Waals surface area contributed by atoms with Crippen molar-refractivity contribution < 1.29 is 9.53 Å². The van der Waals surface area contributed by atoms with E-state index in [0.29, 0.717) is 17.7 Å². The lowest BCUT2D eigenvalue weighted by Gasteiger charge is -2.35. The first-order valence-electron chi connectivity index (χ1n) is 10.3. The van der Waals surface area contributed by atoms with E-state index in [1.54, 1.807) is 0 Å². The van der Waals surface area contributed by atoms with E-state index in [9.17, 15) is 10.1 Å². The molecule has 1 aromatic heterocycles. The Morgan fingerprint density at radius 1 is 1.32 bits per heavy atom. The van der Waals surface area contributed by atoms with Gasteiger partial charge in [-0.3, -0.25) is 9.69 Å². The maximum Gasteiger partial charge on any atom is 0.240 e. The van der Waals surface area contributed by atoms with Crippen molar-refractivity contribution in [1.29, 1.82) is 5.26 Å². The number of ether oxygens (including phenoxy) is 1. The second-order valence-corrected chi connectivity index (χ2v) is 8.49. The van der Waals surface area contributed by atoms with Crippen LogP contribution in [0.2, 0.25) is 0 Å². The van der Waals surface area contributed by atoms with E-state index in [2.05, 4.69) is 16.3 Å². The Morgan fingerprint density at radius 3 is 2.93 bits per heavy atom. The van der Waals surface area contributed by atoms with Crippen LogP contribution in [0.1, 0.15) is 30.5 Å². The van der Waals surface area contributed by atoms with Crippen LogP contribution in [0.5, 0.6) is 0 Å². The minimum absolute atomic E-state index is 0.0119. The molecule has 2 saturated heterocycles. The van der Waals surface area contributed by atoms with Crippen molar-refractivity contribution in [3.8, 4) is 6.07 Å². The molecule has 28 heavy (non-hydrogen) atoms. The Balaban J connectivity index is 1.26. The fourth-order valence-electron chi connectivity index (χ4n) is 4.95. The molecule has 1 aromatic carbocycles. The third-order valence-corrected chi connectivity index (χ3v) is 6.60. The number of morpholine rings is 1. The lowest BCUT2D eigenvalue weighted by molar-refractivity contribution is -0.122. The van der Waals surface area contributed by atoms with Crippen LogP contribution in [0, 0.1) is 24.2 Å². The van der Waals surface area contributed by atoms with E-state index in [4.69, 9.17) is 4.74 Å². The average Bonchev–Trinajstić information content (AvgIpc) is 3.41. The Morgan fingerprint density at radius 2 is 2.14 bits per heavy atom. The molecule has 3 fully saturated rings. The summed E-state index contributed by atoms with van der Waals surface area (Å²) >= 11 is 0. The van der Waals surface area contributed by atoms with Crippen LogP contribution in [0.15, 0.2) is 24.3 Å².